The molecule has 3 N–H and O–H groups in total. The Bertz CT molecular complexity index is 422. The van der Waals surface area contributed by atoms with E-state index in [1.807, 2.05) is 0 Å². The molecule has 0 aliphatic rings. The van der Waals surface area contributed by atoms with E-state index in [0.717, 1.165) is 12.1 Å². The number of aromatic hydroxyl groups is 1. The smallest absolute Gasteiger partial charge is 0.307 e. The highest BCUT2D eigenvalue weighted by atomic mass is 19.1. The molecule has 0 aromatic heterocycles. The zero-order chi connectivity index (χ0) is 13.0. The quantitative estimate of drug-likeness (QED) is 0.774. The molecule has 0 saturated carbocycles. The van der Waals surface area contributed by atoms with Crippen LogP contribution in [0.3, 0.4) is 0 Å². The number of ether oxygens (including phenoxy) is 2. The van der Waals surface area contributed by atoms with E-state index < -0.39 is 17.8 Å². The Balaban J connectivity index is 3.04. The number of phenols is 1. The normalized spacial score (nSPS) is 12.0. The average Bonchev–Trinajstić information content (AvgIpc) is 2.31. The van der Waals surface area contributed by atoms with Crippen molar-refractivity contribution < 1.29 is 23.8 Å². The third kappa shape index (κ3) is 3.07. The Kier molecular flexibility index (Phi) is 4.28. The lowest BCUT2D eigenvalue weighted by molar-refractivity contribution is -0.141. The topological polar surface area (TPSA) is 81.8 Å². The van der Waals surface area contributed by atoms with Crippen LogP contribution in [0.4, 0.5) is 4.39 Å². The second-order valence-corrected chi connectivity index (χ2v) is 3.43. The zero-order valence-corrected chi connectivity index (χ0v) is 9.57. The number of phenolic OH excluding ortho intramolecular Hbond substituents is 1. The van der Waals surface area contributed by atoms with Gasteiger partial charge in [0.1, 0.15) is 5.82 Å². The van der Waals surface area contributed by atoms with Crippen molar-refractivity contribution in [3.8, 4) is 11.5 Å². The number of halogens is 1. The lowest BCUT2D eigenvalue weighted by atomic mass is 10.0. The van der Waals surface area contributed by atoms with Crippen molar-refractivity contribution in [2.24, 2.45) is 5.73 Å². The molecule has 0 spiro atoms. The van der Waals surface area contributed by atoms with Crippen molar-refractivity contribution in [3.63, 3.8) is 0 Å². The molecular formula is C11H14FNO4. The Morgan fingerprint density at radius 1 is 1.53 bits per heavy atom. The maximum absolute atomic E-state index is 13.2. The first-order chi connectivity index (χ1) is 7.99. The van der Waals surface area contributed by atoms with Gasteiger partial charge in [-0.25, -0.2) is 4.39 Å². The molecule has 0 amide bonds. The predicted molar refractivity (Wildman–Crippen MR) is 58.2 cm³/mol. The fourth-order valence-corrected chi connectivity index (χ4v) is 1.41. The molecule has 0 fully saturated rings. The Labute approximate surface area is 97.9 Å². The van der Waals surface area contributed by atoms with E-state index in [-0.39, 0.29) is 23.5 Å². The lowest BCUT2D eigenvalue weighted by Crippen LogP contribution is -2.16. The zero-order valence-electron chi connectivity index (χ0n) is 9.57. The fourth-order valence-electron chi connectivity index (χ4n) is 1.41. The van der Waals surface area contributed by atoms with E-state index in [1.54, 1.807) is 0 Å². The molecular weight excluding hydrogens is 229 g/mol. The van der Waals surface area contributed by atoms with Gasteiger partial charge < -0.3 is 20.3 Å². The molecule has 0 unspecified atom stereocenters. The first-order valence-electron chi connectivity index (χ1n) is 4.88. The molecule has 0 aliphatic heterocycles. The van der Waals surface area contributed by atoms with Crippen LogP contribution in [-0.4, -0.2) is 25.3 Å². The number of hydrogen-bond donors (Lipinski definition) is 2. The van der Waals surface area contributed by atoms with Crippen LogP contribution in [0.5, 0.6) is 11.5 Å². The van der Waals surface area contributed by atoms with Gasteiger partial charge in [-0.2, -0.15) is 0 Å². The number of benzene rings is 1. The summed E-state index contributed by atoms with van der Waals surface area (Å²) in [5.74, 6) is -1.44. The number of hydrogen-bond acceptors (Lipinski definition) is 5. The van der Waals surface area contributed by atoms with Gasteiger partial charge in [0.05, 0.1) is 20.6 Å². The van der Waals surface area contributed by atoms with Gasteiger partial charge in [0.15, 0.2) is 11.5 Å². The summed E-state index contributed by atoms with van der Waals surface area (Å²) in [7, 11) is 2.52. The number of rotatable bonds is 4. The summed E-state index contributed by atoms with van der Waals surface area (Å²) >= 11 is 0. The van der Waals surface area contributed by atoms with Gasteiger partial charge in [0, 0.05) is 17.7 Å². The molecule has 0 saturated heterocycles. The standard InChI is InChI=1S/C11H14FNO4/c1-16-9-4-6(12)3-7(11(9)15)8(13)5-10(14)17-2/h3-4,8,15H,5,13H2,1-2H3/t8-/m0/s1. The minimum Gasteiger partial charge on any atom is -0.504 e. The molecule has 0 aliphatic carbocycles. The molecule has 6 heteroatoms. The van der Waals surface area contributed by atoms with Gasteiger partial charge in [0.2, 0.25) is 0 Å². The van der Waals surface area contributed by atoms with E-state index >= 15 is 0 Å². The number of methoxy groups -OCH3 is 2. The fraction of sp³-hybridized carbons (Fsp3) is 0.364. The van der Waals surface area contributed by atoms with Gasteiger partial charge >= 0.3 is 5.97 Å². The van der Waals surface area contributed by atoms with Crippen molar-refractivity contribution in [2.75, 3.05) is 14.2 Å². The molecule has 1 aromatic carbocycles. The van der Waals surface area contributed by atoms with Crippen LogP contribution in [0.2, 0.25) is 0 Å². The number of nitrogens with two attached hydrogens (primary N) is 1. The van der Waals surface area contributed by atoms with Crippen molar-refractivity contribution in [1.29, 1.82) is 0 Å². The molecule has 0 heterocycles. The lowest BCUT2D eigenvalue weighted by Gasteiger charge is -2.14. The minimum absolute atomic E-state index is 0.0275. The van der Waals surface area contributed by atoms with Crippen LogP contribution in [0.25, 0.3) is 0 Å². The number of esters is 1. The highest BCUT2D eigenvalue weighted by molar-refractivity contribution is 5.70. The van der Waals surface area contributed by atoms with Crippen LogP contribution in [0.1, 0.15) is 18.0 Å². The summed E-state index contributed by atoms with van der Waals surface area (Å²) in [5.41, 5.74) is 5.79. The van der Waals surface area contributed by atoms with Gasteiger partial charge in [-0.1, -0.05) is 0 Å². The summed E-state index contributed by atoms with van der Waals surface area (Å²) < 4.78 is 22.4. The molecule has 94 valence electrons. The third-order valence-electron chi connectivity index (χ3n) is 2.30. The highest BCUT2D eigenvalue weighted by Gasteiger charge is 2.19. The maximum Gasteiger partial charge on any atom is 0.307 e. The molecule has 1 rings (SSSR count). The largest absolute Gasteiger partial charge is 0.504 e. The van der Waals surface area contributed by atoms with E-state index in [0.29, 0.717) is 0 Å². The first-order valence-corrected chi connectivity index (χ1v) is 4.88. The summed E-state index contributed by atoms with van der Waals surface area (Å²) in [6.07, 6.45) is -0.156. The van der Waals surface area contributed by atoms with Crippen molar-refractivity contribution in [2.45, 2.75) is 12.5 Å². The summed E-state index contributed by atoms with van der Waals surface area (Å²) in [6, 6.07) is 1.24. The van der Waals surface area contributed by atoms with Gasteiger partial charge in [-0.05, 0) is 6.07 Å². The van der Waals surface area contributed by atoms with Gasteiger partial charge in [-0.15, -0.1) is 0 Å². The second kappa shape index (κ2) is 5.49. The predicted octanol–water partition coefficient (Wildman–Crippen LogP) is 1.10. The molecule has 0 bridgehead atoms. The maximum atomic E-state index is 13.2. The van der Waals surface area contributed by atoms with E-state index in [1.165, 1.54) is 14.2 Å². The SMILES string of the molecule is COC(=O)C[C@H](N)c1cc(F)cc(OC)c1O. The monoisotopic (exact) mass is 243 g/mol. The van der Waals surface area contributed by atoms with Crippen LogP contribution >= 0.6 is 0 Å². The Morgan fingerprint density at radius 2 is 2.18 bits per heavy atom. The molecule has 17 heavy (non-hydrogen) atoms. The van der Waals surface area contributed by atoms with Crippen LogP contribution in [-0.2, 0) is 9.53 Å². The molecule has 0 radical (unpaired) electrons. The first kappa shape index (κ1) is 13.2. The van der Waals surface area contributed by atoms with Crippen molar-refractivity contribution >= 4 is 5.97 Å². The van der Waals surface area contributed by atoms with Crippen LogP contribution < -0.4 is 10.5 Å². The molecule has 1 atom stereocenters. The van der Waals surface area contributed by atoms with Crippen LogP contribution in [0.15, 0.2) is 12.1 Å². The number of carbonyl (C=O) groups excluding carboxylic acids is 1. The second-order valence-electron chi connectivity index (χ2n) is 3.43. The van der Waals surface area contributed by atoms with Gasteiger partial charge in [0.25, 0.3) is 0 Å². The highest BCUT2D eigenvalue weighted by Crippen LogP contribution is 2.34. The summed E-state index contributed by atoms with van der Waals surface area (Å²) in [5, 5.41) is 9.75. The minimum atomic E-state index is -0.855. The molecule has 5 nitrogen and oxygen atoms in total. The average molecular weight is 243 g/mol. The van der Waals surface area contributed by atoms with E-state index in [9.17, 15) is 14.3 Å². The van der Waals surface area contributed by atoms with E-state index in [2.05, 4.69) is 4.74 Å². The molecule has 1 aromatic rings. The van der Waals surface area contributed by atoms with Crippen molar-refractivity contribution in [1.82, 2.24) is 0 Å². The Hall–Kier alpha value is -1.82. The number of carbonyl (C=O) groups is 1. The van der Waals surface area contributed by atoms with E-state index in [4.69, 9.17) is 10.5 Å². The van der Waals surface area contributed by atoms with Crippen LogP contribution in [0, 0.1) is 5.82 Å². The summed E-state index contributed by atoms with van der Waals surface area (Å²) in [4.78, 5) is 11.0. The summed E-state index contributed by atoms with van der Waals surface area (Å²) in [6.45, 7) is 0. The Morgan fingerprint density at radius 3 is 2.71 bits per heavy atom. The third-order valence-corrected chi connectivity index (χ3v) is 2.30. The van der Waals surface area contributed by atoms with Gasteiger partial charge in [-0.3, -0.25) is 4.79 Å². The van der Waals surface area contributed by atoms with Crippen molar-refractivity contribution in [3.05, 3.63) is 23.5 Å².